The predicted octanol–water partition coefficient (Wildman–Crippen LogP) is 3.96. The van der Waals surface area contributed by atoms with Crippen LogP contribution in [0.4, 0.5) is 8.78 Å². The molecule has 0 fully saturated rings. The molecule has 6 nitrogen and oxygen atoms in total. The highest BCUT2D eigenvalue weighted by Gasteiger charge is 2.25. The van der Waals surface area contributed by atoms with Crippen LogP contribution in [0.1, 0.15) is 21.8 Å². The van der Waals surface area contributed by atoms with Crippen LogP contribution in [0.15, 0.2) is 41.2 Å². The highest BCUT2D eigenvalue weighted by atomic mass is 32.1. The molecule has 1 aliphatic rings. The van der Waals surface area contributed by atoms with E-state index in [4.69, 9.17) is 4.74 Å². The fourth-order valence-corrected chi connectivity index (χ4v) is 3.60. The number of fused-ring (bicyclic) bond motifs is 1. The van der Waals surface area contributed by atoms with Crippen molar-refractivity contribution < 1.29 is 23.0 Å². The Balaban J connectivity index is 1.70. The number of hydrogen-bond acceptors (Lipinski definition) is 6. The molecule has 3 aromatic rings. The molecule has 0 saturated carbocycles. The van der Waals surface area contributed by atoms with Gasteiger partial charge in [0.2, 0.25) is 5.90 Å². The SMILES string of the molecule is Cc1cn2c(/C=C3\N=C(c4cccc(OC(F)F)c4)OC3=O)c(C)nc2s1. The molecule has 0 unspecified atom stereocenters. The number of halogens is 2. The van der Waals surface area contributed by atoms with Gasteiger partial charge in [-0.1, -0.05) is 6.07 Å². The Morgan fingerprint density at radius 2 is 2.15 bits per heavy atom. The monoisotopic (exact) mass is 389 g/mol. The summed E-state index contributed by atoms with van der Waals surface area (Å²) in [7, 11) is 0. The van der Waals surface area contributed by atoms with Gasteiger partial charge < -0.3 is 9.47 Å². The first-order chi connectivity index (χ1) is 12.9. The van der Waals surface area contributed by atoms with E-state index >= 15 is 0 Å². The average molecular weight is 389 g/mol. The summed E-state index contributed by atoms with van der Waals surface area (Å²) in [5.41, 5.74) is 1.98. The summed E-state index contributed by atoms with van der Waals surface area (Å²) >= 11 is 1.55. The molecule has 0 spiro atoms. The van der Waals surface area contributed by atoms with E-state index in [0.717, 1.165) is 21.2 Å². The molecule has 0 atom stereocenters. The standard InChI is InChI=1S/C18H13F2N3O3S/c1-9-8-23-14(10(2)21-18(23)27-9)7-13-16(24)26-15(22-13)11-4-3-5-12(6-11)25-17(19)20/h3-8,17H,1-2H3/b13-7-. The van der Waals surface area contributed by atoms with Crippen molar-refractivity contribution in [2.45, 2.75) is 20.5 Å². The molecule has 9 heteroatoms. The van der Waals surface area contributed by atoms with Crippen molar-refractivity contribution in [3.05, 3.63) is 58.0 Å². The number of benzene rings is 1. The summed E-state index contributed by atoms with van der Waals surface area (Å²) in [4.78, 5) is 22.8. The lowest BCUT2D eigenvalue weighted by molar-refractivity contribution is -0.129. The number of thiazole rings is 1. The number of nitrogens with zero attached hydrogens (tertiary/aromatic N) is 3. The maximum Gasteiger partial charge on any atom is 0.387 e. The van der Waals surface area contributed by atoms with Crippen LogP contribution in [0.25, 0.3) is 11.0 Å². The predicted molar refractivity (Wildman–Crippen MR) is 96.2 cm³/mol. The summed E-state index contributed by atoms with van der Waals surface area (Å²) in [5.74, 6) is -0.627. The zero-order chi connectivity index (χ0) is 19.1. The van der Waals surface area contributed by atoms with Crippen molar-refractivity contribution in [3.8, 4) is 5.75 Å². The number of carbonyl (C=O) groups is 1. The fourth-order valence-electron chi connectivity index (χ4n) is 2.72. The number of cyclic esters (lactones) is 1. The van der Waals surface area contributed by atoms with Crippen LogP contribution in [0.5, 0.6) is 5.75 Å². The Morgan fingerprint density at radius 3 is 2.93 bits per heavy atom. The van der Waals surface area contributed by atoms with Gasteiger partial charge in [0, 0.05) is 16.6 Å². The second-order valence-corrected chi connectivity index (χ2v) is 7.03. The van der Waals surface area contributed by atoms with Gasteiger partial charge in [0.15, 0.2) is 10.7 Å². The topological polar surface area (TPSA) is 65.2 Å². The largest absolute Gasteiger partial charge is 0.435 e. The molecule has 0 saturated heterocycles. The summed E-state index contributed by atoms with van der Waals surface area (Å²) in [6.45, 7) is 0.877. The smallest absolute Gasteiger partial charge is 0.387 e. The molecule has 0 amide bonds. The lowest BCUT2D eigenvalue weighted by Gasteiger charge is -2.05. The number of aromatic nitrogens is 2. The number of hydrogen-bond donors (Lipinski definition) is 0. The Labute approximate surface area is 156 Å². The van der Waals surface area contributed by atoms with Crippen molar-refractivity contribution in [2.75, 3.05) is 0 Å². The molecular weight excluding hydrogens is 376 g/mol. The number of ether oxygens (including phenoxy) is 2. The van der Waals surface area contributed by atoms with Crippen molar-refractivity contribution in [2.24, 2.45) is 4.99 Å². The van der Waals surface area contributed by atoms with E-state index in [1.165, 1.54) is 18.2 Å². The molecule has 0 bridgehead atoms. The number of esters is 1. The number of aryl methyl sites for hydroxylation is 2. The number of imidazole rings is 1. The van der Waals surface area contributed by atoms with E-state index in [1.54, 1.807) is 23.5 Å². The Bertz CT molecular complexity index is 1110. The van der Waals surface area contributed by atoms with Crippen molar-refractivity contribution in [1.29, 1.82) is 0 Å². The van der Waals surface area contributed by atoms with E-state index in [9.17, 15) is 13.6 Å². The molecule has 1 aliphatic heterocycles. The van der Waals surface area contributed by atoms with Crippen LogP contribution in [-0.4, -0.2) is 27.9 Å². The quantitative estimate of drug-likeness (QED) is 0.501. The van der Waals surface area contributed by atoms with E-state index < -0.39 is 12.6 Å². The second kappa shape index (κ2) is 6.58. The van der Waals surface area contributed by atoms with Crippen molar-refractivity contribution >= 4 is 34.2 Å². The minimum absolute atomic E-state index is 0.0332. The second-order valence-electron chi connectivity index (χ2n) is 5.82. The lowest BCUT2D eigenvalue weighted by atomic mass is 10.2. The third kappa shape index (κ3) is 3.33. The van der Waals surface area contributed by atoms with Crippen LogP contribution >= 0.6 is 11.3 Å². The van der Waals surface area contributed by atoms with Gasteiger partial charge in [-0.3, -0.25) is 4.40 Å². The van der Waals surface area contributed by atoms with Crippen LogP contribution in [0, 0.1) is 13.8 Å². The number of rotatable bonds is 4. The molecule has 3 heterocycles. The van der Waals surface area contributed by atoms with Crippen molar-refractivity contribution in [1.82, 2.24) is 9.38 Å². The Kier molecular flexibility index (Phi) is 4.23. The normalized spacial score (nSPS) is 15.7. The van der Waals surface area contributed by atoms with Crippen LogP contribution in [-0.2, 0) is 9.53 Å². The molecular formula is C18H13F2N3O3S. The molecule has 0 radical (unpaired) electrons. The van der Waals surface area contributed by atoms with Crippen LogP contribution in [0.3, 0.4) is 0 Å². The van der Waals surface area contributed by atoms with Gasteiger partial charge in [0.1, 0.15) is 5.75 Å². The van der Waals surface area contributed by atoms with Gasteiger partial charge in [0.25, 0.3) is 0 Å². The summed E-state index contributed by atoms with van der Waals surface area (Å²) in [5, 5.41) is 0. The molecule has 0 N–H and O–H groups in total. The maximum absolute atomic E-state index is 12.4. The molecule has 138 valence electrons. The number of alkyl halides is 2. The first-order valence-corrected chi connectivity index (χ1v) is 8.75. The number of aliphatic imine (C=N–C) groups is 1. The van der Waals surface area contributed by atoms with E-state index in [0.29, 0.717) is 5.56 Å². The molecule has 27 heavy (non-hydrogen) atoms. The average Bonchev–Trinajstić information content (AvgIpc) is 3.22. The van der Waals surface area contributed by atoms with Crippen molar-refractivity contribution in [3.63, 3.8) is 0 Å². The third-order valence-electron chi connectivity index (χ3n) is 3.86. The maximum atomic E-state index is 12.4. The highest BCUT2D eigenvalue weighted by molar-refractivity contribution is 7.17. The fraction of sp³-hybridized carbons (Fsp3) is 0.167. The minimum Gasteiger partial charge on any atom is -0.435 e. The zero-order valence-electron chi connectivity index (χ0n) is 14.3. The van der Waals surface area contributed by atoms with Gasteiger partial charge in [-0.05, 0) is 38.1 Å². The van der Waals surface area contributed by atoms with Gasteiger partial charge in [-0.25, -0.2) is 14.8 Å². The number of carbonyl (C=O) groups excluding carboxylic acids is 1. The molecule has 4 rings (SSSR count). The van der Waals surface area contributed by atoms with Crippen LogP contribution < -0.4 is 4.74 Å². The van der Waals surface area contributed by atoms with Gasteiger partial charge in [-0.15, -0.1) is 11.3 Å². The van der Waals surface area contributed by atoms with E-state index in [-0.39, 0.29) is 17.3 Å². The van der Waals surface area contributed by atoms with Crippen LogP contribution in [0.2, 0.25) is 0 Å². The molecule has 1 aromatic carbocycles. The van der Waals surface area contributed by atoms with Gasteiger partial charge >= 0.3 is 12.6 Å². The summed E-state index contributed by atoms with van der Waals surface area (Å²) < 4.78 is 36.2. The first kappa shape index (κ1) is 17.3. The van der Waals surface area contributed by atoms with E-state index in [1.807, 2.05) is 24.4 Å². The third-order valence-corrected chi connectivity index (χ3v) is 4.76. The zero-order valence-corrected chi connectivity index (χ0v) is 15.1. The van der Waals surface area contributed by atoms with Gasteiger partial charge in [0.05, 0.1) is 11.4 Å². The minimum atomic E-state index is -2.94. The lowest BCUT2D eigenvalue weighted by Crippen LogP contribution is -2.07. The molecule has 2 aromatic heterocycles. The van der Waals surface area contributed by atoms with Gasteiger partial charge in [-0.2, -0.15) is 8.78 Å². The summed E-state index contributed by atoms with van der Waals surface area (Å²) in [6.07, 6.45) is 3.54. The molecule has 0 aliphatic carbocycles. The Hall–Kier alpha value is -3.07. The Morgan fingerprint density at radius 1 is 1.33 bits per heavy atom. The summed E-state index contributed by atoms with van der Waals surface area (Å²) in [6, 6.07) is 5.84. The first-order valence-electron chi connectivity index (χ1n) is 7.93. The van der Waals surface area contributed by atoms with E-state index in [2.05, 4.69) is 14.7 Å². The highest BCUT2D eigenvalue weighted by Crippen LogP contribution is 2.26.